The zero-order chi connectivity index (χ0) is 13.6. The van der Waals surface area contributed by atoms with E-state index in [1.165, 1.54) is 0 Å². The minimum atomic E-state index is -1.08. The van der Waals surface area contributed by atoms with Crippen molar-refractivity contribution in [3.05, 3.63) is 34.9 Å². The van der Waals surface area contributed by atoms with Crippen LogP contribution in [0.2, 0.25) is 5.02 Å². The molecule has 0 spiro atoms. The summed E-state index contributed by atoms with van der Waals surface area (Å²) in [5.41, 5.74) is 0.0632. The molecule has 2 unspecified atom stereocenters. The van der Waals surface area contributed by atoms with Crippen LogP contribution >= 0.6 is 11.6 Å². The maximum atomic E-state index is 9.80. The Balaban J connectivity index is 2.68. The van der Waals surface area contributed by atoms with Gasteiger partial charge in [0, 0.05) is 17.6 Å². The summed E-state index contributed by atoms with van der Waals surface area (Å²) in [5.74, 6) is 0. The molecule has 0 aliphatic heterocycles. The number of halogens is 1. The number of aliphatic hydroxyl groups is 2. The van der Waals surface area contributed by atoms with Crippen molar-refractivity contribution < 1.29 is 10.2 Å². The molecular weight excluding hydrogens is 250 g/mol. The fourth-order valence-corrected chi connectivity index (χ4v) is 1.90. The minimum Gasteiger partial charge on any atom is -0.393 e. The summed E-state index contributed by atoms with van der Waals surface area (Å²) >= 11 is 5.87. The number of aliphatic hydroxyl groups excluding tert-OH is 1. The lowest BCUT2D eigenvalue weighted by atomic mass is 10.0. The standard InChI is InChI=1S/C14H22ClNO2/c1-3-4-13(16-9-14(2,18)10-17)11-5-7-12(15)8-6-11/h5-8,13,16-18H,3-4,9-10H2,1-2H3. The second kappa shape index (κ2) is 7.10. The Morgan fingerprint density at radius 3 is 2.44 bits per heavy atom. The summed E-state index contributed by atoms with van der Waals surface area (Å²) in [5, 5.41) is 22.8. The number of hydrogen-bond donors (Lipinski definition) is 3. The quantitative estimate of drug-likeness (QED) is 0.714. The van der Waals surface area contributed by atoms with E-state index in [1.807, 2.05) is 24.3 Å². The molecule has 0 saturated carbocycles. The van der Waals surface area contributed by atoms with Crippen LogP contribution in [0.5, 0.6) is 0 Å². The second-order valence-corrected chi connectivity index (χ2v) is 5.37. The van der Waals surface area contributed by atoms with Crippen molar-refractivity contribution in [3.8, 4) is 0 Å². The lowest BCUT2D eigenvalue weighted by molar-refractivity contribution is 0.000471. The number of hydrogen-bond acceptors (Lipinski definition) is 3. The summed E-state index contributed by atoms with van der Waals surface area (Å²) in [6.45, 7) is 3.84. The predicted octanol–water partition coefficient (Wildman–Crippen LogP) is 2.51. The highest BCUT2D eigenvalue weighted by atomic mass is 35.5. The molecule has 2 atom stereocenters. The predicted molar refractivity (Wildman–Crippen MR) is 74.8 cm³/mol. The Morgan fingerprint density at radius 1 is 1.33 bits per heavy atom. The molecule has 0 aliphatic rings. The van der Waals surface area contributed by atoms with Crippen molar-refractivity contribution in [3.63, 3.8) is 0 Å². The van der Waals surface area contributed by atoms with E-state index in [-0.39, 0.29) is 12.6 Å². The van der Waals surface area contributed by atoms with E-state index < -0.39 is 5.60 Å². The lowest BCUT2D eigenvalue weighted by Gasteiger charge is -2.26. The van der Waals surface area contributed by atoms with E-state index in [1.54, 1.807) is 6.92 Å². The van der Waals surface area contributed by atoms with Gasteiger partial charge in [0.25, 0.3) is 0 Å². The molecule has 1 aromatic carbocycles. The first-order valence-electron chi connectivity index (χ1n) is 6.30. The fraction of sp³-hybridized carbons (Fsp3) is 0.571. The Labute approximate surface area is 114 Å². The third kappa shape index (κ3) is 4.94. The van der Waals surface area contributed by atoms with Gasteiger partial charge in [-0.3, -0.25) is 0 Å². The molecule has 1 rings (SSSR count). The molecular formula is C14H22ClNO2. The lowest BCUT2D eigenvalue weighted by Crippen LogP contribution is -2.42. The molecule has 0 radical (unpaired) electrons. The average Bonchev–Trinajstić information content (AvgIpc) is 2.36. The van der Waals surface area contributed by atoms with Gasteiger partial charge < -0.3 is 15.5 Å². The van der Waals surface area contributed by atoms with Crippen LogP contribution in [0.15, 0.2) is 24.3 Å². The molecule has 0 amide bonds. The van der Waals surface area contributed by atoms with E-state index in [2.05, 4.69) is 12.2 Å². The first-order chi connectivity index (χ1) is 8.48. The molecule has 0 aromatic heterocycles. The summed E-state index contributed by atoms with van der Waals surface area (Å²) in [7, 11) is 0. The van der Waals surface area contributed by atoms with Crippen LogP contribution in [-0.4, -0.2) is 29.0 Å². The Kier molecular flexibility index (Phi) is 6.09. The summed E-state index contributed by atoms with van der Waals surface area (Å²) in [6.07, 6.45) is 2.02. The van der Waals surface area contributed by atoms with Gasteiger partial charge in [-0.2, -0.15) is 0 Å². The van der Waals surface area contributed by atoms with Crippen molar-refractivity contribution >= 4 is 11.6 Å². The summed E-state index contributed by atoms with van der Waals surface area (Å²) < 4.78 is 0. The third-order valence-electron chi connectivity index (χ3n) is 2.92. The highest BCUT2D eigenvalue weighted by Gasteiger charge is 2.21. The van der Waals surface area contributed by atoms with Gasteiger partial charge in [0.1, 0.15) is 0 Å². The van der Waals surface area contributed by atoms with Crippen LogP contribution in [0, 0.1) is 0 Å². The Bertz CT molecular complexity index is 351. The fourth-order valence-electron chi connectivity index (χ4n) is 1.77. The second-order valence-electron chi connectivity index (χ2n) is 4.93. The van der Waals surface area contributed by atoms with Crippen LogP contribution in [-0.2, 0) is 0 Å². The maximum Gasteiger partial charge on any atom is 0.0973 e. The van der Waals surface area contributed by atoms with Crippen LogP contribution in [0.4, 0.5) is 0 Å². The third-order valence-corrected chi connectivity index (χ3v) is 3.17. The minimum absolute atomic E-state index is 0.172. The van der Waals surface area contributed by atoms with E-state index in [4.69, 9.17) is 16.7 Å². The van der Waals surface area contributed by atoms with Gasteiger partial charge in [-0.15, -0.1) is 0 Å². The van der Waals surface area contributed by atoms with Gasteiger partial charge in [-0.25, -0.2) is 0 Å². The smallest absolute Gasteiger partial charge is 0.0973 e. The Morgan fingerprint density at radius 2 is 1.94 bits per heavy atom. The van der Waals surface area contributed by atoms with Gasteiger partial charge in [-0.05, 0) is 31.0 Å². The van der Waals surface area contributed by atoms with Gasteiger partial charge in [0.2, 0.25) is 0 Å². The molecule has 18 heavy (non-hydrogen) atoms. The van der Waals surface area contributed by atoms with Crippen LogP contribution < -0.4 is 5.32 Å². The van der Waals surface area contributed by atoms with Crippen molar-refractivity contribution in [1.29, 1.82) is 0 Å². The normalized spacial score (nSPS) is 16.3. The topological polar surface area (TPSA) is 52.5 Å². The van der Waals surface area contributed by atoms with E-state index in [0.29, 0.717) is 6.54 Å². The first-order valence-corrected chi connectivity index (χ1v) is 6.68. The molecule has 1 aromatic rings. The number of benzene rings is 1. The molecule has 0 aliphatic carbocycles. The summed E-state index contributed by atoms with van der Waals surface area (Å²) in [4.78, 5) is 0. The monoisotopic (exact) mass is 271 g/mol. The molecule has 0 fully saturated rings. The highest BCUT2D eigenvalue weighted by Crippen LogP contribution is 2.21. The van der Waals surface area contributed by atoms with E-state index in [9.17, 15) is 5.11 Å². The average molecular weight is 272 g/mol. The molecule has 3 nitrogen and oxygen atoms in total. The zero-order valence-corrected chi connectivity index (χ0v) is 11.7. The van der Waals surface area contributed by atoms with Crippen LogP contribution in [0.25, 0.3) is 0 Å². The van der Waals surface area contributed by atoms with Crippen molar-refractivity contribution in [1.82, 2.24) is 5.32 Å². The Hall–Kier alpha value is -0.610. The summed E-state index contributed by atoms with van der Waals surface area (Å²) in [6, 6.07) is 7.88. The van der Waals surface area contributed by atoms with Gasteiger partial charge in [-0.1, -0.05) is 37.1 Å². The highest BCUT2D eigenvalue weighted by molar-refractivity contribution is 6.30. The van der Waals surface area contributed by atoms with Gasteiger partial charge in [0.05, 0.1) is 12.2 Å². The van der Waals surface area contributed by atoms with Crippen LogP contribution in [0.3, 0.4) is 0 Å². The van der Waals surface area contributed by atoms with Crippen LogP contribution in [0.1, 0.15) is 38.3 Å². The van der Waals surface area contributed by atoms with Crippen molar-refractivity contribution in [2.75, 3.05) is 13.2 Å². The van der Waals surface area contributed by atoms with Gasteiger partial charge in [0.15, 0.2) is 0 Å². The van der Waals surface area contributed by atoms with Crippen molar-refractivity contribution in [2.24, 2.45) is 0 Å². The number of rotatable bonds is 7. The molecule has 0 bridgehead atoms. The largest absolute Gasteiger partial charge is 0.393 e. The molecule has 0 heterocycles. The molecule has 0 saturated heterocycles. The zero-order valence-electron chi connectivity index (χ0n) is 11.0. The van der Waals surface area contributed by atoms with E-state index >= 15 is 0 Å². The first kappa shape index (κ1) is 15.4. The van der Waals surface area contributed by atoms with Crippen molar-refractivity contribution in [2.45, 2.75) is 38.3 Å². The maximum absolute atomic E-state index is 9.80. The van der Waals surface area contributed by atoms with Gasteiger partial charge >= 0.3 is 0 Å². The SMILES string of the molecule is CCCC(NCC(C)(O)CO)c1ccc(Cl)cc1. The molecule has 102 valence electrons. The molecule has 4 heteroatoms. The number of nitrogens with one attached hydrogen (secondary N) is 1. The van der Waals surface area contributed by atoms with E-state index in [0.717, 1.165) is 23.4 Å². The molecule has 3 N–H and O–H groups in total.